The van der Waals surface area contributed by atoms with E-state index in [9.17, 15) is 10.2 Å². The van der Waals surface area contributed by atoms with E-state index in [4.69, 9.17) is 9.47 Å². The van der Waals surface area contributed by atoms with Gasteiger partial charge in [0.1, 0.15) is 11.5 Å². The van der Waals surface area contributed by atoms with Crippen molar-refractivity contribution in [1.29, 1.82) is 0 Å². The molecule has 0 aromatic heterocycles. The van der Waals surface area contributed by atoms with Gasteiger partial charge in [-0.25, -0.2) is 0 Å². The summed E-state index contributed by atoms with van der Waals surface area (Å²) in [5.74, 6) is 1.47. The van der Waals surface area contributed by atoms with Gasteiger partial charge in [-0.15, -0.1) is 0 Å². The molecular formula is C17H26O4. The largest absolute Gasteiger partial charge is 0.507 e. The van der Waals surface area contributed by atoms with Gasteiger partial charge in [-0.2, -0.15) is 0 Å². The Kier molecular flexibility index (Phi) is 5.12. The molecule has 2 N–H and O–H groups in total. The van der Waals surface area contributed by atoms with Crippen LogP contribution in [0, 0.1) is 12.8 Å². The van der Waals surface area contributed by atoms with Gasteiger partial charge in [-0.3, -0.25) is 0 Å². The second kappa shape index (κ2) is 6.67. The lowest BCUT2D eigenvalue weighted by Gasteiger charge is -2.19. The van der Waals surface area contributed by atoms with Crippen LogP contribution in [0.3, 0.4) is 0 Å². The molecule has 2 atom stereocenters. The molecule has 0 amide bonds. The second-order valence-electron chi connectivity index (χ2n) is 5.97. The zero-order valence-corrected chi connectivity index (χ0v) is 13.4. The first-order valence-electron chi connectivity index (χ1n) is 7.72. The minimum atomic E-state index is -1.03. The predicted molar refractivity (Wildman–Crippen MR) is 81.5 cm³/mol. The maximum absolute atomic E-state index is 10.5. The molecule has 2 rings (SSSR count). The van der Waals surface area contributed by atoms with Gasteiger partial charge in [0.2, 0.25) is 0 Å². The van der Waals surface area contributed by atoms with Crippen molar-refractivity contribution in [1.82, 2.24) is 0 Å². The van der Waals surface area contributed by atoms with Gasteiger partial charge in [0, 0.05) is 5.56 Å². The summed E-state index contributed by atoms with van der Waals surface area (Å²) < 4.78 is 10.8. The number of aromatic hydroxyl groups is 1. The van der Waals surface area contributed by atoms with Crippen molar-refractivity contribution >= 4 is 0 Å². The summed E-state index contributed by atoms with van der Waals surface area (Å²) in [6.07, 6.45) is 3.05. The standard InChI is InChI=1S/C17H26O4/c1-5-6-10(2)7-8-12-15(18)14-13(9-21-17(14)19)11(3)16(12)20-4/h10,17-19H,5-9H2,1-4H3. The quantitative estimate of drug-likeness (QED) is 0.841. The molecule has 0 spiro atoms. The topological polar surface area (TPSA) is 58.9 Å². The lowest BCUT2D eigenvalue weighted by Crippen LogP contribution is -2.05. The number of aliphatic hydroxyl groups is 1. The van der Waals surface area contributed by atoms with Gasteiger partial charge >= 0.3 is 0 Å². The molecule has 0 saturated carbocycles. The fourth-order valence-corrected chi connectivity index (χ4v) is 3.21. The molecule has 2 unspecified atom stereocenters. The van der Waals surface area contributed by atoms with E-state index in [1.165, 1.54) is 12.8 Å². The van der Waals surface area contributed by atoms with Crippen molar-refractivity contribution in [3.63, 3.8) is 0 Å². The van der Waals surface area contributed by atoms with E-state index in [0.29, 0.717) is 18.1 Å². The number of methoxy groups -OCH3 is 1. The Hall–Kier alpha value is -1.26. The van der Waals surface area contributed by atoms with Crippen LogP contribution < -0.4 is 4.74 Å². The third-order valence-corrected chi connectivity index (χ3v) is 4.44. The highest BCUT2D eigenvalue weighted by molar-refractivity contribution is 5.59. The number of hydrogen-bond donors (Lipinski definition) is 2. The summed E-state index contributed by atoms with van der Waals surface area (Å²) in [4.78, 5) is 0. The fourth-order valence-electron chi connectivity index (χ4n) is 3.21. The highest BCUT2D eigenvalue weighted by atomic mass is 16.6. The first kappa shape index (κ1) is 16.1. The molecular weight excluding hydrogens is 268 g/mol. The number of phenolic OH excluding ortho intramolecular Hbond substituents is 1. The van der Waals surface area contributed by atoms with E-state index in [0.717, 1.165) is 35.3 Å². The van der Waals surface area contributed by atoms with Crippen molar-refractivity contribution in [3.8, 4) is 11.5 Å². The van der Waals surface area contributed by atoms with E-state index >= 15 is 0 Å². The summed E-state index contributed by atoms with van der Waals surface area (Å²) in [6.45, 7) is 6.68. The number of rotatable bonds is 6. The summed E-state index contributed by atoms with van der Waals surface area (Å²) >= 11 is 0. The maximum Gasteiger partial charge on any atom is 0.185 e. The Balaban J connectivity index is 2.36. The summed E-state index contributed by atoms with van der Waals surface area (Å²) in [5.41, 5.74) is 3.12. The maximum atomic E-state index is 10.5. The molecule has 0 radical (unpaired) electrons. The van der Waals surface area contributed by atoms with Gasteiger partial charge < -0.3 is 19.7 Å². The number of phenols is 1. The molecule has 0 fully saturated rings. The molecule has 1 heterocycles. The highest BCUT2D eigenvalue weighted by Gasteiger charge is 2.31. The molecule has 21 heavy (non-hydrogen) atoms. The van der Waals surface area contributed by atoms with Gasteiger partial charge in [0.15, 0.2) is 6.29 Å². The first-order chi connectivity index (χ1) is 10.0. The third kappa shape index (κ3) is 3.01. The molecule has 0 saturated heterocycles. The summed E-state index contributed by atoms with van der Waals surface area (Å²) in [6, 6.07) is 0. The van der Waals surface area contributed by atoms with Crippen LogP contribution in [-0.4, -0.2) is 17.3 Å². The van der Waals surface area contributed by atoms with Gasteiger partial charge in [-0.1, -0.05) is 26.7 Å². The molecule has 1 aromatic rings. The SMILES string of the molecule is CCCC(C)CCc1c(O)c2c(c(C)c1OC)COC2O. The van der Waals surface area contributed by atoms with Crippen LogP contribution in [-0.2, 0) is 17.8 Å². The Morgan fingerprint density at radius 2 is 2.10 bits per heavy atom. The molecule has 0 aliphatic carbocycles. The van der Waals surface area contributed by atoms with Crippen molar-refractivity contribution in [2.75, 3.05) is 7.11 Å². The Labute approximate surface area is 126 Å². The number of hydrogen-bond acceptors (Lipinski definition) is 4. The van der Waals surface area contributed by atoms with Crippen LogP contribution in [0.5, 0.6) is 11.5 Å². The van der Waals surface area contributed by atoms with Crippen molar-refractivity contribution in [3.05, 3.63) is 22.3 Å². The smallest absolute Gasteiger partial charge is 0.185 e. The number of ether oxygens (including phenoxy) is 2. The zero-order chi connectivity index (χ0) is 15.6. The van der Waals surface area contributed by atoms with Gasteiger partial charge in [0.25, 0.3) is 0 Å². The van der Waals surface area contributed by atoms with E-state index in [2.05, 4.69) is 13.8 Å². The monoisotopic (exact) mass is 294 g/mol. The third-order valence-electron chi connectivity index (χ3n) is 4.44. The lowest BCUT2D eigenvalue weighted by atomic mass is 9.91. The van der Waals surface area contributed by atoms with Crippen LogP contribution in [0.25, 0.3) is 0 Å². The van der Waals surface area contributed by atoms with E-state index in [1.807, 2.05) is 6.92 Å². The molecule has 1 aliphatic heterocycles. The Bertz CT molecular complexity index is 510. The Morgan fingerprint density at radius 1 is 1.38 bits per heavy atom. The molecule has 4 nitrogen and oxygen atoms in total. The van der Waals surface area contributed by atoms with Gasteiger partial charge in [0.05, 0.1) is 19.3 Å². The summed E-state index contributed by atoms with van der Waals surface area (Å²) in [5, 5.41) is 20.5. The molecule has 1 aromatic carbocycles. The molecule has 4 heteroatoms. The number of aliphatic hydroxyl groups excluding tert-OH is 1. The summed E-state index contributed by atoms with van der Waals surface area (Å²) in [7, 11) is 1.62. The molecule has 118 valence electrons. The highest BCUT2D eigenvalue weighted by Crippen LogP contribution is 2.45. The van der Waals surface area contributed by atoms with Crippen molar-refractivity contribution < 1.29 is 19.7 Å². The average Bonchev–Trinajstić information content (AvgIpc) is 2.84. The molecule has 1 aliphatic rings. The lowest BCUT2D eigenvalue weighted by molar-refractivity contribution is -0.0926. The predicted octanol–water partition coefficient (Wildman–Crippen LogP) is 3.60. The van der Waals surface area contributed by atoms with Crippen molar-refractivity contribution in [2.45, 2.75) is 59.4 Å². The van der Waals surface area contributed by atoms with E-state index in [-0.39, 0.29) is 5.75 Å². The minimum absolute atomic E-state index is 0.140. The number of benzene rings is 1. The second-order valence-corrected chi connectivity index (χ2v) is 5.97. The Morgan fingerprint density at radius 3 is 2.71 bits per heavy atom. The van der Waals surface area contributed by atoms with Gasteiger partial charge in [-0.05, 0) is 36.8 Å². The normalized spacial score (nSPS) is 18.6. The van der Waals surface area contributed by atoms with Crippen molar-refractivity contribution in [2.24, 2.45) is 5.92 Å². The van der Waals surface area contributed by atoms with Crippen LogP contribution in [0.15, 0.2) is 0 Å². The van der Waals surface area contributed by atoms with Crippen LogP contribution >= 0.6 is 0 Å². The first-order valence-corrected chi connectivity index (χ1v) is 7.72. The minimum Gasteiger partial charge on any atom is -0.507 e. The number of fused-ring (bicyclic) bond motifs is 1. The molecule has 0 bridgehead atoms. The van der Waals surface area contributed by atoms with Crippen LogP contribution in [0.1, 0.15) is 61.7 Å². The van der Waals surface area contributed by atoms with Crippen LogP contribution in [0.2, 0.25) is 0 Å². The van der Waals surface area contributed by atoms with Crippen LogP contribution in [0.4, 0.5) is 0 Å². The fraction of sp³-hybridized carbons (Fsp3) is 0.647. The average molecular weight is 294 g/mol. The zero-order valence-electron chi connectivity index (χ0n) is 13.4. The van der Waals surface area contributed by atoms with E-state index < -0.39 is 6.29 Å². The van der Waals surface area contributed by atoms with E-state index in [1.54, 1.807) is 7.11 Å².